The molecule has 0 aromatic carbocycles. The van der Waals surface area contributed by atoms with Crippen LogP contribution < -0.4 is 11.1 Å². The highest BCUT2D eigenvalue weighted by Crippen LogP contribution is 2.22. The molecule has 0 unspecified atom stereocenters. The fourth-order valence-corrected chi connectivity index (χ4v) is 2.20. The fourth-order valence-electron chi connectivity index (χ4n) is 2.20. The molecule has 14 heavy (non-hydrogen) atoms. The molecule has 3 N–H and O–H groups in total. The minimum atomic E-state index is -0.387. The Morgan fingerprint density at radius 2 is 2.29 bits per heavy atom. The van der Waals surface area contributed by atoms with Crippen molar-refractivity contribution in [1.29, 1.82) is 0 Å². The van der Waals surface area contributed by atoms with E-state index in [0.717, 1.165) is 19.4 Å². The van der Waals surface area contributed by atoms with Crippen LogP contribution in [0.15, 0.2) is 0 Å². The summed E-state index contributed by atoms with van der Waals surface area (Å²) in [6.45, 7) is 1.15. The predicted octanol–water partition coefficient (Wildman–Crippen LogP) is -1.18. The molecule has 2 heterocycles. The zero-order valence-corrected chi connectivity index (χ0v) is 8.03. The second kappa shape index (κ2) is 3.57. The number of carbonyl (C=O) groups excluding carboxylic acids is 2. The van der Waals surface area contributed by atoms with Crippen molar-refractivity contribution in [2.75, 3.05) is 13.1 Å². The maximum Gasteiger partial charge on any atom is 0.245 e. The molecule has 0 radical (unpaired) electrons. The van der Waals surface area contributed by atoms with Gasteiger partial charge < -0.3 is 16.0 Å². The molecule has 5 heteroatoms. The number of hydrogen-bond donors (Lipinski definition) is 2. The summed E-state index contributed by atoms with van der Waals surface area (Å²) in [6, 6.07) is -0.599. The van der Waals surface area contributed by atoms with Crippen LogP contribution in [0, 0.1) is 0 Å². The number of nitrogens with one attached hydrogen (secondary N) is 1. The highest BCUT2D eigenvalue weighted by molar-refractivity contribution is 5.97. The molecule has 0 spiro atoms. The molecule has 0 aromatic rings. The molecular weight excluding hydrogens is 182 g/mol. The van der Waals surface area contributed by atoms with Crippen LogP contribution in [-0.2, 0) is 9.59 Å². The average Bonchev–Trinajstić information content (AvgIpc) is 2.63. The highest BCUT2D eigenvalue weighted by Gasteiger charge is 2.42. The molecular formula is C9H15N3O2. The Balaban J connectivity index is 2.12. The maximum absolute atomic E-state index is 11.8. The first-order chi connectivity index (χ1) is 6.74. The number of piperazine rings is 1. The predicted molar refractivity (Wildman–Crippen MR) is 50.3 cm³/mol. The molecule has 2 fully saturated rings. The molecule has 2 aliphatic heterocycles. The van der Waals surface area contributed by atoms with Crippen molar-refractivity contribution in [3.8, 4) is 0 Å². The molecule has 0 aromatic heterocycles. The largest absolute Gasteiger partial charge is 0.342 e. The number of nitrogens with two attached hydrogens (primary N) is 1. The van der Waals surface area contributed by atoms with E-state index in [4.69, 9.17) is 5.73 Å². The Labute approximate surface area is 82.6 Å². The highest BCUT2D eigenvalue weighted by atomic mass is 16.2. The van der Waals surface area contributed by atoms with E-state index in [0.29, 0.717) is 13.0 Å². The summed E-state index contributed by atoms with van der Waals surface area (Å²) in [4.78, 5) is 25.1. The summed E-state index contributed by atoms with van der Waals surface area (Å²) in [7, 11) is 0. The quantitative estimate of drug-likeness (QED) is 0.585. The standard InChI is InChI=1S/C9H15N3O2/c10-4-3-6-9(14)12-5-1-2-7(12)8(13)11-6/h6-7H,1-5,10H2,(H,11,13)/t6-,7+/m0/s1. The summed E-state index contributed by atoms with van der Waals surface area (Å²) in [5.41, 5.74) is 5.38. The van der Waals surface area contributed by atoms with Crippen molar-refractivity contribution in [2.45, 2.75) is 31.3 Å². The third-order valence-electron chi connectivity index (χ3n) is 2.91. The first-order valence-electron chi connectivity index (χ1n) is 5.05. The van der Waals surface area contributed by atoms with Crippen molar-refractivity contribution in [1.82, 2.24) is 10.2 Å². The van der Waals surface area contributed by atoms with Gasteiger partial charge in [-0.25, -0.2) is 0 Å². The van der Waals surface area contributed by atoms with Crippen molar-refractivity contribution < 1.29 is 9.59 Å². The van der Waals surface area contributed by atoms with Gasteiger partial charge in [0, 0.05) is 6.54 Å². The summed E-state index contributed by atoms with van der Waals surface area (Å²) in [5, 5.41) is 2.73. The SMILES string of the molecule is NCC[C@@H]1NC(=O)[C@H]2CCCN2C1=O. The smallest absolute Gasteiger partial charge is 0.245 e. The van der Waals surface area contributed by atoms with Gasteiger partial charge >= 0.3 is 0 Å². The van der Waals surface area contributed by atoms with Crippen LogP contribution >= 0.6 is 0 Å². The third kappa shape index (κ3) is 1.37. The lowest BCUT2D eigenvalue weighted by Crippen LogP contribution is -2.61. The molecule has 2 saturated heterocycles. The number of carbonyl (C=O) groups is 2. The molecule has 0 bridgehead atoms. The van der Waals surface area contributed by atoms with E-state index in [1.54, 1.807) is 4.90 Å². The van der Waals surface area contributed by atoms with Crippen molar-refractivity contribution >= 4 is 11.8 Å². The van der Waals surface area contributed by atoms with Crippen molar-refractivity contribution in [2.24, 2.45) is 5.73 Å². The second-order valence-electron chi connectivity index (χ2n) is 3.83. The number of amides is 2. The normalized spacial score (nSPS) is 31.6. The van der Waals surface area contributed by atoms with Crippen LogP contribution in [0.4, 0.5) is 0 Å². The maximum atomic E-state index is 11.8. The Morgan fingerprint density at radius 3 is 3.00 bits per heavy atom. The third-order valence-corrected chi connectivity index (χ3v) is 2.91. The minimum Gasteiger partial charge on any atom is -0.342 e. The topological polar surface area (TPSA) is 75.4 Å². The van der Waals surface area contributed by atoms with E-state index in [2.05, 4.69) is 5.32 Å². The number of fused-ring (bicyclic) bond motifs is 1. The Kier molecular flexibility index (Phi) is 2.41. The lowest BCUT2D eigenvalue weighted by atomic mass is 10.1. The first kappa shape index (κ1) is 9.45. The lowest BCUT2D eigenvalue weighted by molar-refractivity contribution is -0.147. The van der Waals surface area contributed by atoms with Gasteiger partial charge in [0.1, 0.15) is 12.1 Å². The zero-order valence-electron chi connectivity index (χ0n) is 8.03. The summed E-state index contributed by atoms with van der Waals surface area (Å²) in [5.74, 6) is 0.0260. The summed E-state index contributed by atoms with van der Waals surface area (Å²) in [6.07, 6.45) is 2.26. The van der Waals surface area contributed by atoms with E-state index in [1.807, 2.05) is 0 Å². The molecule has 78 valence electrons. The molecule has 2 atom stereocenters. The molecule has 2 aliphatic rings. The zero-order chi connectivity index (χ0) is 10.1. The molecule has 5 nitrogen and oxygen atoms in total. The van der Waals surface area contributed by atoms with Crippen LogP contribution in [0.3, 0.4) is 0 Å². The average molecular weight is 197 g/mol. The van der Waals surface area contributed by atoms with Crippen LogP contribution in [0.1, 0.15) is 19.3 Å². The van der Waals surface area contributed by atoms with Crippen molar-refractivity contribution in [3.63, 3.8) is 0 Å². The van der Waals surface area contributed by atoms with Crippen LogP contribution in [-0.4, -0.2) is 41.9 Å². The molecule has 0 saturated carbocycles. The Hall–Kier alpha value is -1.10. The van der Waals surface area contributed by atoms with E-state index in [-0.39, 0.29) is 23.9 Å². The minimum absolute atomic E-state index is 0.0134. The molecule has 2 rings (SSSR count). The molecule has 2 amide bonds. The van der Waals surface area contributed by atoms with Crippen LogP contribution in [0.2, 0.25) is 0 Å². The summed E-state index contributed by atoms with van der Waals surface area (Å²) >= 11 is 0. The lowest BCUT2D eigenvalue weighted by Gasteiger charge is -2.34. The second-order valence-corrected chi connectivity index (χ2v) is 3.83. The van der Waals surface area contributed by atoms with Gasteiger partial charge in [-0.1, -0.05) is 0 Å². The number of nitrogens with zero attached hydrogens (tertiary/aromatic N) is 1. The Morgan fingerprint density at radius 1 is 1.50 bits per heavy atom. The van der Waals surface area contributed by atoms with Gasteiger partial charge in [0.15, 0.2) is 0 Å². The van der Waals surface area contributed by atoms with Gasteiger partial charge in [0.05, 0.1) is 0 Å². The van der Waals surface area contributed by atoms with Gasteiger partial charge in [-0.05, 0) is 25.8 Å². The van der Waals surface area contributed by atoms with E-state index >= 15 is 0 Å². The molecule has 0 aliphatic carbocycles. The summed E-state index contributed by atoms with van der Waals surface area (Å²) < 4.78 is 0. The fraction of sp³-hybridized carbons (Fsp3) is 0.778. The Bertz CT molecular complexity index is 267. The van der Waals surface area contributed by atoms with Gasteiger partial charge in [-0.3, -0.25) is 9.59 Å². The van der Waals surface area contributed by atoms with Crippen molar-refractivity contribution in [3.05, 3.63) is 0 Å². The van der Waals surface area contributed by atoms with Gasteiger partial charge in [0.2, 0.25) is 11.8 Å². The van der Waals surface area contributed by atoms with E-state index < -0.39 is 0 Å². The van der Waals surface area contributed by atoms with E-state index in [9.17, 15) is 9.59 Å². The van der Waals surface area contributed by atoms with Crippen LogP contribution in [0.25, 0.3) is 0 Å². The van der Waals surface area contributed by atoms with Crippen LogP contribution in [0.5, 0.6) is 0 Å². The number of rotatable bonds is 2. The monoisotopic (exact) mass is 197 g/mol. The first-order valence-corrected chi connectivity index (χ1v) is 5.05. The van der Waals surface area contributed by atoms with E-state index in [1.165, 1.54) is 0 Å². The number of hydrogen-bond acceptors (Lipinski definition) is 3. The van der Waals surface area contributed by atoms with Gasteiger partial charge in [-0.2, -0.15) is 0 Å². The van der Waals surface area contributed by atoms with Gasteiger partial charge in [-0.15, -0.1) is 0 Å². The van der Waals surface area contributed by atoms with Gasteiger partial charge in [0.25, 0.3) is 0 Å².